The molecule has 22 nitrogen and oxygen atoms in total. The molecule has 0 spiro atoms. The van der Waals surface area contributed by atoms with E-state index in [4.69, 9.17) is 81.2 Å². The average molecular weight is 989 g/mol. The van der Waals surface area contributed by atoms with E-state index in [0.29, 0.717) is 0 Å². The van der Waals surface area contributed by atoms with E-state index in [0.717, 1.165) is 0 Å². The van der Waals surface area contributed by atoms with Gasteiger partial charge in [0.1, 0.15) is 17.8 Å². The van der Waals surface area contributed by atoms with Gasteiger partial charge in [-0.15, -0.1) is 0 Å². The number of nitrogens with zero attached hydrogens (tertiary/aromatic N) is 5. The van der Waals surface area contributed by atoms with E-state index in [1.807, 2.05) is 0 Å². The number of phosphoric acid groups is 2. The van der Waals surface area contributed by atoms with Gasteiger partial charge in [0.25, 0.3) is 26.8 Å². The Morgan fingerprint density at radius 2 is 1.42 bits per heavy atom. The maximum Gasteiger partial charge on any atom is 2.00 e. The van der Waals surface area contributed by atoms with Crippen molar-refractivity contribution in [1.82, 2.24) is 19.9 Å². The van der Waals surface area contributed by atoms with E-state index in [1.54, 1.807) is 0 Å². The zero-order valence-electron chi connectivity index (χ0n) is 24.3. The Bertz CT molecular complexity index is 2110. The first-order chi connectivity index (χ1) is 22.3. The van der Waals surface area contributed by atoms with Crippen LogP contribution in [0.5, 0.6) is 0 Å². The monoisotopic (exact) mass is 988 g/mol. The van der Waals surface area contributed by atoms with Crippen LogP contribution in [0.3, 0.4) is 0 Å². The van der Waals surface area contributed by atoms with E-state index in [1.165, 1.54) is 0 Å². The predicted molar refractivity (Wildman–Crippen MR) is 174 cm³/mol. The fraction of sp³-hybridized carbons (Fsp3) is 0.350. The van der Waals surface area contributed by atoms with Crippen molar-refractivity contribution in [3.8, 4) is 0 Å². The normalized spacial score (nSPS) is 25.4. The second-order valence-corrected chi connectivity index (χ2v) is 13.8. The molecule has 0 aromatic carbocycles. The summed E-state index contributed by atoms with van der Waals surface area (Å²) in [5, 5.41) is 2.77. The van der Waals surface area contributed by atoms with Crippen molar-refractivity contribution in [3.63, 3.8) is 0 Å². The molecule has 2 aromatic rings. The van der Waals surface area contributed by atoms with E-state index in [-0.39, 0.29) is 104 Å². The molecule has 30 heteroatoms. The summed E-state index contributed by atoms with van der Waals surface area (Å²) in [7, 11) is -9.89. The molecule has 7 atom stereocenters. The third-order valence-electron chi connectivity index (χ3n) is 6.30. The van der Waals surface area contributed by atoms with Crippen LogP contribution in [0.4, 0.5) is 23.4 Å². The zero-order valence-corrected chi connectivity index (χ0v) is 33.7. The quantitative estimate of drug-likeness (QED) is 0.0806. The fourth-order valence-corrected chi connectivity index (χ4v) is 6.00. The SMILES string of the molecule is Nc1nc2c(c(=O)[nH]1)=N[C@H]1C([S-])=C([S-])[C@@H](COP(=O)([O-])O)O[C@H]1N=2.Nc1nc2c(c(=O)[nH]1)N[C@@H]1C(=N2)O[C@H](COP(=O)([O-])O)C([S-])=C1[S-].[Mg+2].[W]. The molecule has 4 aliphatic rings. The summed E-state index contributed by atoms with van der Waals surface area (Å²) in [4.78, 5) is 87.7. The molecule has 0 fully saturated rings. The first-order valence-electron chi connectivity index (χ1n) is 12.7. The molecule has 0 saturated heterocycles. The van der Waals surface area contributed by atoms with Crippen molar-refractivity contribution in [2.24, 2.45) is 15.0 Å². The first-order valence-corrected chi connectivity index (χ1v) is 17.3. The minimum Gasteiger partial charge on any atom is -0.783 e. The summed E-state index contributed by atoms with van der Waals surface area (Å²) in [6.07, 6.45) is -3.04. The number of aliphatic imine (C=N–C) groups is 1. The number of hydrogen-bond acceptors (Lipinski definition) is 22. The van der Waals surface area contributed by atoms with Crippen LogP contribution >= 0.6 is 15.6 Å². The van der Waals surface area contributed by atoms with Crippen LogP contribution in [0.15, 0.2) is 44.2 Å². The molecule has 6 rings (SSSR count). The molecule has 6 heterocycles. The van der Waals surface area contributed by atoms with Crippen LogP contribution in [0.25, 0.3) is 0 Å². The van der Waals surface area contributed by atoms with E-state index in [9.17, 15) is 28.5 Å². The largest absolute Gasteiger partial charge is 2.00 e. The molecule has 50 heavy (non-hydrogen) atoms. The smallest absolute Gasteiger partial charge is 0.783 e. The molecule has 9 N–H and O–H groups in total. The summed E-state index contributed by atoms with van der Waals surface area (Å²) >= 11 is 20.7. The Kier molecular flexibility index (Phi) is 14.1. The molecule has 0 aliphatic carbocycles. The van der Waals surface area contributed by atoms with Crippen molar-refractivity contribution < 1.29 is 68.3 Å². The minimum atomic E-state index is -4.94. The van der Waals surface area contributed by atoms with Crippen molar-refractivity contribution in [3.05, 3.63) is 51.2 Å². The molecule has 0 bridgehead atoms. The van der Waals surface area contributed by atoms with Crippen LogP contribution in [-0.4, -0.2) is 102 Å². The Morgan fingerprint density at radius 1 is 0.860 bits per heavy atom. The van der Waals surface area contributed by atoms with Gasteiger partial charge < -0.3 is 105 Å². The Hall–Kier alpha value is -1.78. The van der Waals surface area contributed by atoms with Crippen LogP contribution in [0, 0.1) is 0 Å². The maximum absolute atomic E-state index is 11.9. The van der Waals surface area contributed by atoms with Gasteiger partial charge in [0, 0.05) is 21.1 Å². The number of rotatable bonds is 6. The van der Waals surface area contributed by atoms with Gasteiger partial charge in [0.15, 0.2) is 22.9 Å². The summed E-state index contributed by atoms with van der Waals surface area (Å²) in [5.74, 6) is -0.248. The van der Waals surface area contributed by atoms with Crippen LogP contribution in [0.2, 0.25) is 0 Å². The van der Waals surface area contributed by atoms with Gasteiger partial charge >= 0.3 is 23.1 Å². The third-order valence-corrected chi connectivity index (χ3v) is 9.39. The molecule has 2 unspecified atom stereocenters. The van der Waals surface area contributed by atoms with E-state index < -0.39 is 70.5 Å². The molecule has 266 valence electrons. The number of aromatic amines is 2. The van der Waals surface area contributed by atoms with E-state index in [2.05, 4.69) is 49.3 Å². The summed E-state index contributed by atoms with van der Waals surface area (Å²) in [5.41, 5.74) is 9.83. The molecule has 2 aromatic heterocycles. The number of anilines is 3. The van der Waals surface area contributed by atoms with Crippen molar-refractivity contribution in [2.45, 2.75) is 30.5 Å². The topological polar surface area (TPSA) is 350 Å². The molecule has 0 radical (unpaired) electrons. The van der Waals surface area contributed by atoms with Gasteiger partial charge in [-0.25, -0.2) is 4.99 Å². The van der Waals surface area contributed by atoms with E-state index >= 15 is 0 Å². The number of aromatic nitrogens is 4. The number of nitrogens with one attached hydrogen (secondary N) is 3. The van der Waals surface area contributed by atoms with Crippen LogP contribution in [-0.2, 0) is 99.2 Å². The molecule has 0 amide bonds. The summed E-state index contributed by atoms with van der Waals surface area (Å²) < 4.78 is 41.0. The fourth-order valence-electron chi connectivity index (χ4n) is 4.28. The Labute approximate surface area is 331 Å². The minimum absolute atomic E-state index is 0. The summed E-state index contributed by atoms with van der Waals surface area (Å²) in [6.45, 7) is -1.13. The average Bonchev–Trinajstić information content (AvgIpc) is 2.97. The van der Waals surface area contributed by atoms with Crippen molar-refractivity contribution >= 4 is 119 Å². The van der Waals surface area contributed by atoms with Gasteiger partial charge in [-0.1, -0.05) is 0 Å². The van der Waals surface area contributed by atoms with Crippen molar-refractivity contribution in [1.29, 1.82) is 0 Å². The number of H-pyrrole nitrogens is 2. The van der Waals surface area contributed by atoms with Gasteiger partial charge in [-0.3, -0.25) is 33.7 Å². The number of nitrogen functional groups attached to an aromatic ring is 2. The standard InChI is InChI=1S/2C10H12N5O6PS2.Mg.W/c2*11-10-14-7-4(8(16)15-10)12-3-6(24)5(23)2(21-9(3)13-7)1-20-22(17,18)19;;/h2-3,12,23-24H,1H2,(H2,17,18,19)(H3,11,14,15,16);2-3,9,23-24H,1H2,(H2,17,18,19)(H3,11,13,14,15,16);;/q;;+2;/p-6/t2-,3+;2-,3+,9-;;/m11../s1. The van der Waals surface area contributed by atoms with Crippen molar-refractivity contribution in [2.75, 3.05) is 30.0 Å². The second-order valence-electron chi connectivity index (χ2n) is 9.61. The number of phosphoric ester groups is 2. The number of hydrogen-bond donors (Lipinski definition) is 7. The van der Waals surface area contributed by atoms with Crippen LogP contribution in [0.1, 0.15) is 0 Å². The van der Waals surface area contributed by atoms with Crippen LogP contribution < -0.4 is 48.5 Å². The van der Waals surface area contributed by atoms with Gasteiger partial charge in [-0.05, 0) is 0 Å². The molecule has 4 aliphatic heterocycles. The number of ether oxygens (including phenoxy) is 2. The molecular weight excluding hydrogens is 971 g/mol. The second kappa shape index (κ2) is 16.5. The number of fused-ring (bicyclic) bond motifs is 4. The van der Waals surface area contributed by atoms with Gasteiger partial charge in [-0.2, -0.15) is 34.6 Å². The van der Waals surface area contributed by atoms with Gasteiger partial charge in [0.2, 0.25) is 17.8 Å². The Balaban J connectivity index is 0.000000260. The molecule has 0 saturated carbocycles. The maximum atomic E-state index is 11.9. The first kappa shape index (κ1) is 42.6. The summed E-state index contributed by atoms with van der Waals surface area (Å²) in [6, 6.07) is -1.60. The third kappa shape index (κ3) is 9.80. The Morgan fingerprint density at radius 3 is 2.04 bits per heavy atom. The van der Waals surface area contributed by atoms with Gasteiger partial charge in [0.05, 0.1) is 25.4 Å². The number of nitrogens with two attached hydrogens (primary N) is 2. The predicted octanol–water partition coefficient (Wildman–Crippen LogP) is -5.54. The zero-order chi connectivity index (χ0) is 35.3. The molecular formula is C20H18MgN10O12P2S4W-4.